The molecule has 0 radical (unpaired) electrons. The van der Waals surface area contributed by atoms with Gasteiger partial charge in [0, 0.05) is 11.3 Å². The van der Waals surface area contributed by atoms with Crippen LogP contribution >= 0.6 is 15.9 Å². The van der Waals surface area contributed by atoms with Crippen molar-refractivity contribution in [2.75, 3.05) is 0 Å². The highest BCUT2D eigenvalue weighted by Gasteiger charge is 2.27. The van der Waals surface area contributed by atoms with Crippen LogP contribution in [0.25, 0.3) is 10.9 Å². The SMILES string of the molecule is Brc1nc(C2CC2)c2ccccc2n1. The highest BCUT2D eigenvalue weighted by atomic mass is 79.9. The van der Waals surface area contributed by atoms with Gasteiger partial charge in [0.15, 0.2) is 4.73 Å². The highest BCUT2D eigenvalue weighted by Crippen LogP contribution is 2.41. The van der Waals surface area contributed by atoms with E-state index < -0.39 is 0 Å². The number of para-hydroxylation sites is 1. The summed E-state index contributed by atoms with van der Waals surface area (Å²) in [7, 11) is 0. The van der Waals surface area contributed by atoms with Gasteiger partial charge >= 0.3 is 0 Å². The number of rotatable bonds is 1. The molecule has 1 heterocycles. The Kier molecular flexibility index (Phi) is 1.80. The van der Waals surface area contributed by atoms with Crippen molar-refractivity contribution in [2.45, 2.75) is 18.8 Å². The number of hydrogen-bond donors (Lipinski definition) is 0. The Labute approximate surface area is 90.5 Å². The maximum absolute atomic E-state index is 4.47. The normalized spacial score (nSPS) is 16.1. The molecule has 1 aliphatic rings. The van der Waals surface area contributed by atoms with Crippen molar-refractivity contribution >= 4 is 26.8 Å². The monoisotopic (exact) mass is 248 g/mol. The van der Waals surface area contributed by atoms with Gasteiger partial charge in [-0.05, 0) is 34.8 Å². The van der Waals surface area contributed by atoms with Crippen molar-refractivity contribution in [3.05, 3.63) is 34.7 Å². The van der Waals surface area contributed by atoms with Crippen LogP contribution in [0, 0.1) is 0 Å². The van der Waals surface area contributed by atoms with Crippen LogP contribution in [0.2, 0.25) is 0 Å². The van der Waals surface area contributed by atoms with Crippen LogP contribution in [-0.2, 0) is 0 Å². The van der Waals surface area contributed by atoms with E-state index in [-0.39, 0.29) is 0 Å². The average molecular weight is 249 g/mol. The Morgan fingerprint density at radius 3 is 2.71 bits per heavy atom. The van der Waals surface area contributed by atoms with Gasteiger partial charge in [-0.15, -0.1) is 0 Å². The first-order valence-electron chi connectivity index (χ1n) is 4.77. The zero-order valence-electron chi connectivity index (χ0n) is 7.57. The highest BCUT2D eigenvalue weighted by molar-refractivity contribution is 9.10. The summed E-state index contributed by atoms with van der Waals surface area (Å²) in [6, 6.07) is 8.20. The molecule has 70 valence electrons. The number of aromatic nitrogens is 2. The van der Waals surface area contributed by atoms with Crippen LogP contribution in [0.15, 0.2) is 29.0 Å². The number of hydrogen-bond acceptors (Lipinski definition) is 2. The standard InChI is InChI=1S/C11H9BrN2/c12-11-13-9-4-2-1-3-8(9)10(14-11)7-5-6-7/h1-4,7H,5-6H2. The fraction of sp³-hybridized carbons (Fsp3) is 0.273. The van der Waals surface area contributed by atoms with E-state index in [2.05, 4.69) is 32.0 Å². The first-order valence-corrected chi connectivity index (χ1v) is 5.56. The molecule has 0 amide bonds. The third kappa shape index (κ3) is 1.32. The van der Waals surface area contributed by atoms with Crippen molar-refractivity contribution < 1.29 is 0 Å². The van der Waals surface area contributed by atoms with Gasteiger partial charge in [-0.2, -0.15) is 0 Å². The summed E-state index contributed by atoms with van der Waals surface area (Å²) in [5.41, 5.74) is 2.25. The van der Waals surface area contributed by atoms with Crippen LogP contribution in [0.1, 0.15) is 24.5 Å². The number of fused-ring (bicyclic) bond motifs is 1. The molecular formula is C11H9BrN2. The van der Waals surface area contributed by atoms with Crippen molar-refractivity contribution in [3.63, 3.8) is 0 Å². The molecule has 0 N–H and O–H groups in total. The largest absolute Gasteiger partial charge is 0.226 e. The zero-order valence-corrected chi connectivity index (χ0v) is 9.16. The third-order valence-electron chi connectivity index (χ3n) is 2.57. The second-order valence-corrected chi connectivity index (χ2v) is 4.38. The Balaban J connectivity index is 2.34. The first-order chi connectivity index (χ1) is 6.84. The van der Waals surface area contributed by atoms with E-state index in [0.29, 0.717) is 10.7 Å². The molecule has 1 aromatic heterocycles. The summed E-state index contributed by atoms with van der Waals surface area (Å²) in [5, 5.41) is 1.21. The molecule has 14 heavy (non-hydrogen) atoms. The lowest BCUT2D eigenvalue weighted by Gasteiger charge is -2.03. The number of nitrogens with zero attached hydrogens (tertiary/aromatic N) is 2. The molecule has 0 saturated heterocycles. The van der Waals surface area contributed by atoms with E-state index in [0.717, 1.165) is 5.52 Å². The fourth-order valence-electron chi connectivity index (χ4n) is 1.74. The van der Waals surface area contributed by atoms with Gasteiger partial charge < -0.3 is 0 Å². The van der Waals surface area contributed by atoms with Crippen LogP contribution < -0.4 is 0 Å². The third-order valence-corrected chi connectivity index (χ3v) is 2.92. The van der Waals surface area contributed by atoms with Crippen molar-refractivity contribution in [1.82, 2.24) is 9.97 Å². The summed E-state index contributed by atoms with van der Waals surface area (Å²) in [5.74, 6) is 0.666. The summed E-state index contributed by atoms with van der Waals surface area (Å²) >= 11 is 3.36. The van der Waals surface area contributed by atoms with E-state index in [4.69, 9.17) is 0 Å². The Morgan fingerprint density at radius 2 is 1.93 bits per heavy atom. The molecule has 3 rings (SSSR count). The molecule has 0 aliphatic heterocycles. The second-order valence-electron chi connectivity index (χ2n) is 3.67. The minimum absolute atomic E-state index is 0.666. The van der Waals surface area contributed by atoms with Crippen LogP contribution in [0.4, 0.5) is 0 Å². The summed E-state index contributed by atoms with van der Waals surface area (Å²) in [6.45, 7) is 0. The topological polar surface area (TPSA) is 25.8 Å². The number of benzene rings is 1. The molecular weight excluding hydrogens is 240 g/mol. The van der Waals surface area contributed by atoms with Crippen LogP contribution in [-0.4, -0.2) is 9.97 Å². The van der Waals surface area contributed by atoms with Gasteiger partial charge in [0.1, 0.15) is 0 Å². The lowest BCUT2D eigenvalue weighted by atomic mass is 10.1. The van der Waals surface area contributed by atoms with Crippen molar-refractivity contribution in [3.8, 4) is 0 Å². The fourth-order valence-corrected chi connectivity index (χ4v) is 2.12. The van der Waals surface area contributed by atoms with Gasteiger partial charge in [0.05, 0.1) is 11.2 Å². The van der Waals surface area contributed by atoms with E-state index in [1.807, 2.05) is 18.2 Å². The summed E-state index contributed by atoms with van der Waals surface area (Å²) in [4.78, 5) is 8.82. The first kappa shape index (κ1) is 8.36. The molecule has 1 aliphatic carbocycles. The van der Waals surface area contributed by atoms with Gasteiger partial charge in [0.25, 0.3) is 0 Å². The quantitative estimate of drug-likeness (QED) is 0.725. The van der Waals surface area contributed by atoms with Crippen LogP contribution in [0.3, 0.4) is 0 Å². The smallest absolute Gasteiger partial charge is 0.197 e. The van der Waals surface area contributed by atoms with Crippen molar-refractivity contribution in [1.29, 1.82) is 0 Å². The molecule has 2 aromatic rings. The predicted molar refractivity (Wildman–Crippen MR) is 59.2 cm³/mol. The lowest BCUT2D eigenvalue weighted by molar-refractivity contribution is 0.996. The molecule has 0 atom stereocenters. The zero-order chi connectivity index (χ0) is 9.54. The summed E-state index contributed by atoms with van der Waals surface area (Å²) in [6.07, 6.45) is 2.54. The maximum atomic E-state index is 4.47. The van der Waals surface area contributed by atoms with Gasteiger partial charge in [-0.25, -0.2) is 9.97 Å². The molecule has 0 spiro atoms. The van der Waals surface area contributed by atoms with Gasteiger partial charge in [-0.1, -0.05) is 18.2 Å². The maximum Gasteiger partial charge on any atom is 0.197 e. The Hall–Kier alpha value is -0.960. The summed E-state index contributed by atoms with van der Waals surface area (Å²) < 4.78 is 0.707. The van der Waals surface area contributed by atoms with E-state index >= 15 is 0 Å². The molecule has 1 aromatic carbocycles. The Morgan fingerprint density at radius 1 is 1.14 bits per heavy atom. The van der Waals surface area contributed by atoms with E-state index in [1.165, 1.54) is 23.9 Å². The molecule has 1 fully saturated rings. The Bertz CT molecular complexity index is 492. The molecule has 0 unspecified atom stereocenters. The van der Waals surface area contributed by atoms with Gasteiger partial charge in [-0.3, -0.25) is 0 Å². The average Bonchev–Trinajstić information content (AvgIpc) is 2.99. The van der Waals surface area contributed by atoms with Crippen molar-refractivity contribution in [2.24, 2.45) is 0 Å². The molecule has 3 heteroatoms. The minimum atomic E-state index is 0.666. The molecule has 0 bridgehead atoms. The predicted octanol–water partition coefficient (Wildman–Crippen LogP) is 3.27. The molecule has 2 nitrogen and oxygen atoms in total. The van der Waals surface area contributed by atoms with E-state index in [9.17, 15) is 0 Å². The van der Waals surface area contributed by atoms with Gasteiger partial charge in [0.2, 0.25) is 0 Å². The van der Waals surface area contributed by atoms with E-state index in [1.54, 1.807) is 0 Å². The second kappa shape index (κ2) is 3.02. The number of halogens is 1. The van der Waals surface area contributed by atoms with Crippen LogP contribution in [0.5, 0.6) is 0 Å². The molecule has 1 saturated carbocycles. The lowest BCUT2D eigenvalue weighted by Crippen LogP contribution is -1.93. The minimum Gasteiger partial charge on any atom is -0.226 e.